The zero-order valence-corrected chi connectivity index (χ0v) is 17.1. The third kappa shape index (κ3) is 2.91. The number of ether oxygens (including phenoxy) is 2. The second kappa shape index (κ2) is 7.24. The van der Waals surface area contributed by atoms with Gasteiger partial charge in [0.1, 0.15) is 23.2 Å². The number of nitrogens with one attached hydrogen (secondary N) is 1. The largest absolute Gasteiger partial charge is 0.497 e. The van der Waals surface area contributed by atoms with Crippen LogP contribution >= 0.6 is 0 Å². The van der Waals surface area contributed by atoms with E-state index in [-0.39, 0.29) is 5.56 Å². The third-order valence-electron chi connectivity index (χ3n) is 5.30. The normalized spacial score (nSPS) is 14.4. The molecule has 156 valence electrons. The van der Waals surface area contributed by atoms with Crippen LogP contribution in [0.2, 0.25) is 0 Å². The molecule has 1 unspecified atom stereocenters. The summed E-state index contributed by atoms with van der Waals surface area (Å²) < 4.78 is 14.0. The van der Waals surface area contributed by atoms with Crippen molar-refractivity contribution in [3.05, 3.63) is 75.7 Å². The monoisotopic (exact) mass is 417 g/mol. The minimum absolute atomic E-state index is 0.298. The average molecular weight is 417 g/mol. The van der Waals surface area contributed by atoms with E-state index in [1.165, 1.54) is 4.68 Å². The smallest absolute Gasteiger partial charge is 0.295 e. The van der Waals surface area contributed by atoms with E-state index in [4.69, 9.17) is 9.47 Å². The molecule has 10 heteroatoms. The van der Waals surface area contributed by atoms with Gasteiger partial charge in [-0.15, -0.1) is 0 Å². The summed E-state index contributed by atoms with van der Waals surface area (Å²) in [6.07, 6.45) is 0. The van der Waals surface area contributed by atoms with E-state index in [2.05, 4.69) is 25.9 Å². The quantitative estimate of drug-likeness (QED) is 0.474. The van der Waals surface area contributed by atoms with Gasteiger partial charge in [-0.3, -0.25) is 4.79 Å². The van der Waals surface area contributed by atoms with E-state index in [0.717, 1.165) is 5.56 Å². The van der Waals surface area contributed by atoms with Gasteiger partial charge in [0.2, 0.25) is 5.95 Å². The maximum Gasteiger partial charge on any atom is 0.295 e. The van der Waals surface area contributed by atoms with E-state index in [9.17, 15) is 4.79 Å². The minimum Gasteiger partial charge on any atom is -0.497 e. The van der Waals surface area contributed by atoms with Gasteiger partial charge in [-0.1, -0.05) is 23.3 Å². The number of fused-ring (bicyclic) bond motifs is 2. The molecule has 0 saturated heterocycles. The summed E-state index contributed by atoms with van der Waals surface area (Å²) >= 11 is 0. The number of para-hydroxylation sites is 1. The highest BCUT2D eigenvalue weighted by molar-refractivity contribution is 5.66. The van der Waals surface area contributed by atoms with Gasteiger partial charge in [-0.05, 0) is 47.7 Å². The highest BCUT2D eigenvalue weighted by atomic mass is 16.5. The lowest BCUT2D eigenvalue weighted by molar-refractivity contribution is 0.392. The van der Waals surface area contributed by atoms with Crippen molar-refractivity contribution in [2.75, 3.05) is 19.5 Å². The first kappa shape index (κ1) is 18.8. The van der Waals surface area contributed by atoms with Gasteiger partial charge in [0.15, 0.2) is 0 Å². The molecular weight excluding hydrogens is 398 g/mol. The van der Waals surface area contributed by atoms with Gasteiger partial charge >= 0.3 is 0 Å². The number of tetrazole rings is 1. The van der Waals surface area contributed by atoms with Crippen molar-refractivity contribution >= 4 is 11.6 Å². The number of hydrogen-bond acceptors (Lipinski definition) is 8. The van der Waals surface area contributed by atoms with Crippen LogP contribution in [0.5, 0.6) is 11.5 Å². The summed E-state index contributed by atoms with van der Waals surface area (Å²) in [7, 11) is 3.18. The molecule has 2 aromatic heterocycles. The summed E-state index contributed by atoms with van der Waals surface area (Å²) in [6.45, 7) is 1.86. The van der Waals surface area contributed by atoms with Crippen LogP contribution in [0.4, 0.5) is 11.6 Å². The Bertz CT molecular complexity index is 1330. The molecule has 1 aliphatic heterocycles. The van der Waals surface area contributed by atoms with Crippen molar-refractivity contribution in [1.82, 2.24) is 30.0 Å². The molecule has 1 aliphatic rings. The van der Waals surface area contributed by atoms with E-state index in [0.29, 0.717) is 40.1 Å². The zero-order valence-electron chi connectivity index (χ0n) is 17.1. The molecule has 0 saturated carbocycles. The highest BCUT2D eigenvalue weighted by Crippen LogP contribution is 2.42. The first-order chi connectivity index (χ1) is 15.1. The van der Waals surface area contributed by atoms with E-state index < -0.39 is 6.04 Å². The SMILES string of the molecule is COc1ccc(OC)c(C2c3c(C)nn(-c4ccccc4)c(=O)c3Nc3nnnn32)c1. The fourth-order valence-corrected chi connectivity index (χ4v) is 3.88. The average Bonchev–Trinajstić information content (AvgIpc) is 3.28. The van der Waals surface area contributed by atoms with Crippen LogP contribution < -0.4 is 20.3 Å². The Kier molecular flexibility index (Phi) is 4.39. The van der Waals surface area contributed by atoms with Crippen LogP contribution in [0.1, 0.15) is 22.9 Å². The van der Waals surface area contributed by atoms with Gasteiger partial charge in [0.25, 0.3) is 5.56 Å². The predicted octanol–water partition coefficient (Wildman–Crippen LogP) is 2.24. The Labute approximate surface area is 177 Å². The summed E-state index contributed by atoms with van der Waals surface area (Å²) in [4.78, 5) is 13.5. The second-order valence-electron chi connectivity index (χ2n) is 7.01. The molecule has 0 amide bonds. The van der Waals surface area contributed by atoms with Gasteiger partial charge < -0.3 is 14.8 Å². The topological polar surface area (TPSA) is 109 Å². The lowest BCUT2D eigenvalue weighted by atomic mass is 9.94. The van der Waals surface area contributed by atoms with Crippen molar-refractivity contribution in [1.29, 1.82) is 0 Å². The number of aryl methyl sites for hydroxylation is 1. The molecule has 3 heterocycles. The summed E-state index contributed by atoms with van der Waals surface area (Å²) in [5.74, 6) is 1.62. The maximum absolute atomic E-state index is 13.5. The standard InChI is InChI=1S/C21H19N7O3/c1-12-17-18(20(29)27(24-12)13-7-5-4-6-8-13)22-21-23-25-26-28(21)19(17)15-11-14(30-2)9-10-16(15)31-3/h4-11,19H,1-3H3,(H,22,23,26). The number of rotatable bonds is 4. The van der Waals surface area contributed by atoms with Gasteiger partial charge in [0, 0.05) is 11.1 Å². The fraction of sp³-hybridized carbons (Fsp3) is 0.190. The molecule has 0 radical (unpaired) electrons. The molecule has 4 aromatic rings. The van der Waals surface area contributed by atoms with Crippen molar-refractivity contribution < 1.29 is 9.47 Å². The van der Waals surface area contributed by atoms with E-state index in [1.54, 1.807) is 18.9 Å². The molecule has 0 aliphatic carbocycles. The number of aromatic nitrogens is 6. The van der Waals surface area contributed by atoms with E-state index >= 15 is 0 Å². The minimum atomic E-state index is -0.531. The van der Waals surface area contributed by atoms with Gasteiger partial charge in [0.05, 0.1) is 25.6 Å². The summed E-state index contributed by atoms with van der Waals surface area (Å²) in [5, 5.41) is 19.7. The number of anilines is 2. The van der Waals surface area contributed by atoms with Crippen molar-refractivity contribution in [2.24, 2.45) is 0 Å². The highest BCUT2D eigenvalue weighted by Gasteiger charge is 2.35. The number of benzene rings is 2. The van der Waals surface area contributed by atoms with Crippen molar-refractivity contribution in [2.45, 2.75) is 13.0 Å². The lowest BCUT2D eigenvalue weighted by Crippen LogP contribution is -2.33. The second-order valence-corrected chi connectivity index (χ2v) is 7.01. The van der Waals surface area contributed by atoms with Gasteiger partial charge in [-0.25, -0.2) is 0 Å². The molecule has 1 atom stereocenters. The molecule has 0 bridgehead atoms. The van der Waals surface area contributed by atoms with Gasteiger partial charge in [-0.2, -0.15) is 14.5 Å². The van der Waals surface area contributed by atoms with Crippen LogP contribution in [0.15, 0.2) is 53.3 Å². The fourth-order valence-electron chi connectivity index (χ4n) is 3.88. The Hall–Kier alpha value is -4.21. The molecular formula is C21H19N7O3. The van der Waals surface area contributed by atoms with Crippen LogP contribution in [-0.2, 0) is 0 Å². The molecule has 10 nitrogen and oxygen atoms in total. The third-order valence-corrected chi connectivity index (χ3v) is 5.30. The number of methoxy groups -OCH3 is 2. The van der Waals surface area contributed by atoms with E-state index in [1.807, 2.05) is 55.5 Å². The first-order valence-corrected chi connectivity index (χ1v) is 9.58. The molecule has 0 fully saturated rings. The predicted molar refractivity (Wildman–Crippen MR) is 112 cm³/mol. The molecule has 0 spiro atoms. The Morgan fingerprint density at radius 3 is 2.61 bits per heavy atom. The van der Waals surface area contributed by atoms with Crippen LogP contribution in [0.25, 0.3) is 5.69 Å². The molecule has 5 rings (SSSR count). The Balaban J connectivity index is 1.80. The Morgan fingerprint density at radius 2 is 1.87 bits per heavy atom. The summed E-state index contributed by atoms with van der Waals surface area (Å²) in [6, 6.07) is 14.2. The molecule has 31 heavy (non-hydrogen) atoms. The maximum atomic E-state index is 13.5. The lowest BCUT2D eigenvalue weighted by Gasteiger charge is -2.29. The molecule has 2 aromatic carbocycles. The number of hydrogen-bond donors (Lipinski definition) is 1. The zero-order chi connectivity index (χ0) is 21.5. The van der Waals surface area contributed by atoms with Crippen LogP contribution in [0.3, 0.4) is 0 Å². The number of nitrogens with zero attached hydrogens (tertiary/aromatic N) is 6. The van der Waals surface area contributed by atoms with Crippen molar-refractivity contribution in [3.8, 4) is 17.2 Å². The van der Waals surface area contributed by atoms with Crippen LogP contribution in [0, 0.1) is 6.92 Å². The van der Waals surface area contributed by atoms with Crippen molar-refractivity contribution in [3.63, 3.8) is 0 Å². The molecule has 1 N–H and O–H groups in total. The summed E-state index contributed by atoms with van der Waals surface area (Å²) in [5.41, 5.74) is 2.81. The van der Waals surface area contributed by atoms with Crippen LogP contribution in [-0.4, -0.2) is 44.2 Å². The first-order valence-electron chi connectivity index (χ1n) is 9.58. The Morgan fingerprint density at radius 1 is 1.06 bits per heavy atom.